The maximum atomic E-state index is 13.3. The number of carbonyl (C=O) groups is 2. The zero-order chi connectivity index (χ0) is 24.0. The molecule has 0 aromatic heterocycles. The number of ether oxygens (including phenoxy) is 1. The zero-order valence-corrected chi connectivity index (χ0v) is 21.8. The van der Waals surface area contributed by atoms with E-state index in [1.54, 1.807) is 17.9 Å². The molecular formula is C26H32BrClN2O3. The molecule has 0 aliphatic heterocycles. The monoisotopic (exact) mass is 534 g/mol. The van der Waals surface area contributed by atoms with Crippen LogP contribution in [-0.4, -0.2) is 35.4 Å². The first kappa shape index (κ1) is 25.6. The van der Waals surface area contributed by atoms with E-state index in [2.05, 4.69) is 35.1 Å². The van der Waals surface area contributed by atoms with Gasteiger partial charge in [-0.15, -0.1) is 0 Å². The second-order valence-corrected chi connectivity index (χ2v) is 10.2. The normalized spacial score (nSPS) is 14.8. The van der Waals surface area contributed by atoms with Crippen molar-refractivity contribution >= 4 is 39.3 Å². The fourth-order valence-electron chi connectivity index (χ4n) is 4.00. The van der Waals surface area contributed by atoms with Gasteiger partial charge in [-0.25, -0.2) is 0 Å². The number of hydrogen-bond donors (Lipinski definition) is 1. The van der Waals surface area contributed by atoms with E-state index < -0.39 is 6.04 Å². The van der Waals surface area contributed by atoms with Gasteiger partial charge in [0.05, 0.1) is 4.47 Å². The molecule has 33 heavy (non-hydrogen) atoms. The zero-order valence-electron chi connectivity index (χ0n) is 19.4. The molecule has 178 valence electrons. The highest BCUT2D eigenvalue weighted by Gasteiger charge is 2.29. The van der Waals surface area contributed by atoms with Crippen LogP contribution in [0.3, 0.4) is 0 Å². The van der Waals surface area contributed by atoms with Crippen LogP contribution >= 0.6 is 27.5 Å². The summed E-state index contributed by atoms with van der Waals surface area (Å²) in [6.45, 7) is 6.05. The van der Waals surface area contributed by atoms with Gasteiger partial charge in [0.25, 0.3) is 5.91 Å². The van der Waals surface area contributed by atoms with Crippen LogP contribution in [0.1, 0.15) is 63.5 Å². The Morgan fingerprint density at radius 1 is 1.15 bits per heavy atom. The molecule has 1 saturated carbocycles. The topological polar surface area (TPSA) is 58.6 Å². The highest BCUT2D eigenvalue weighted by molar-refractivity contribution is 9.10. The van der Waals surface area contributed by atoms with E-state index in [1.807, 2.05) is 36.4 Å². The predicted octanol–water partition coefficient (Wildman–Crippen LogP) is 6.08. The SMILES string of the molecule is CC(C)c1ccc(OCC(=O)N(Cc2ccccc2Cl)[C@H](C)C(=O)NC2CCCC2)c(Br)c1. The van der Waals surface area contributed by atoms with Gasteiger partial charge in [-0.05, 0) is 70.9 Å². The summed E-state index contributed by atoms with van der Waals surface area (Å²) in [6, 6.07) is 12.8. The lowest BCUT2D eigenvalue weighted by Gasteiger charge is -2.30. The average Bonchev–Trinajstić information content (AvgIpc) is 3.30. The Morgan fingerprint density at radius 2 is 1.85 bits per heavy atom. The lowest BCUT2D eigenvalue weighted by molar-refractivity contribution is -0.142. The quantitative estimate of drug-likeness (QED) is 0.423. The largest absolute Gasteiger partial charge is 0.483 e. The number of benzene rings is 2. The molecule has 0 heterocycles. The van der Waals surface area contributed by atoms with Crippen LogP contribution in [0.25, 0.3) is 0 Å². The summed E-state index contributed by atoms with van der Waals surface area (Å²) in [5.41, 5.74) is 1.97. The maximum Gasteiger partial charge on any atom is 0.261 e. The first-order chi connectivity index (χ1) is 15.8. The van der Waals surface area contributed by atoms with Gasteiger partial charge < -0.3 is 15.0 Å². The Bertz CT molecular complexity index is 976. The Labute approximate surface area is 210 Å². The Balaban J connectivity index is 1.73. The summed E-state index contributed by atoms with van der Waals surface area (Å²) < 4.78 is 6.64. The minimum absolute atomic E-state index is 0.148. The fourth-order valence-corrected chi connectivity index (χ4v) is 4.71. The van der Waals surface area contributed by atoms with Crippen molar-refractivity contribution in [3.63, 3.8) is 0 Å². The van der Waals surface area contributed by atoms with E-state index in [4.69, 9.17) is 16.3 Å². The Hall–Kier alpha value is -2.05. The molecule has 0 spiro atoms. The van der Waals surface area contributed by atoms with Crippen molar-refractivity contribution in [3.8, 4) is 5.75 Å². The maximum absolute atomic E-state index is 13.3. The van der Waals surface area contributed by atoms with Crippen LogP contribution < -0.4 is 10.1 Å². The summed E-state index contributed by atoms with van der Waals surface area (Å²) >= 11 is 9.89. The molecule has 0 bridgehead atoms. The predicted molar refractivity (Wildman–Crippen MR) is 136 cm³/mol. The molecule has 7 heteroatoms. The van der Waals surface area contributed by atoms with Crippen molar-refractivity contribution < 1.29 is 14.3 Å². The summed E-state index contributed by atoms with van der Waals surface area (Å²) in [5, 5.41) is 3.66. The van der Waals surface area contributed by atoms with E-state index in [0.29, 0.717) is 16.7 Å². The van der Waals surface area contributed by atoms with Crippen LogP contribution in [-0.2, 0) is 16.1 Å². The van der Waals surface area contributed by atoms with Gasteiger partial charge in [-0.1, -0.05) is 62.6 Å². The molecular weight excluding hydrogens is 504 g/mol. The van der Waals surface area contributed by atoms with Gasteiger partial charge in [0, 0.05) is 17.6 Å². The highest BCUT2D eigenvalue weighted by atomic mass is 79.9. The first-order valence-electron chi connectivity index (χ1n) is 11.5. The molecule has 0 saturated heterocycles. The highest BCUT2D eigenvalue weighted by Crippen LogP contribution is 2.29. The van der Waals surface area contributed by atoms with Gasteiger partial charge in [0.1, 0.15) is 11.8 Å². The van der Waals surface area contributed by atoms with E-state index >= 15 is 0 Å². The van der Waals surface area contributed by atoms with Crippen molar-refractivity contribution in [2.75, 3.05) is 6.61 Å². The molecule has 2 aromatic carbocycles. The standard InChI is InChI=1S/C26H32BrClN2O3/c1-17(2)19-12-13-24(22(27)14-19)33-16-25(31)30(15-20-8-4-7-11-23(20)28)18(3)26(32)29-21-9-5-6-10-21/h4,7-8,11-14,17-18,21H,5-6,9-10,15-16H2,1-3H3,(H,29,32)/t18-/m1/s1. The lowest BCUT2D eigenvalue weighted by atomic mass is 10.0. The van der Waals surface area contributed by atoms with E-state index in [-0.39, 0.29) is 31.0 Å². The van der Waals surface area contributed by atoms with Gasteiger partial charge in [0.2, 0.25) is 5.91 Å². The first-order valence-corrected chi connectivity index (χ1v) is 12.7. The van der Waals surface area contributed by atoms with Crippen LogP contribution in [0, 0.1) is 0 Å². The molecule has 2 aromatic rings. The van der Waals surface area contributed by atoms with Crippen LogP contribution in [0.5, 0.6) is 5.75 Å². The van der Waals surface area contributed by atoms with Gasteiger partial charge in [-0.2, -0.15) is 0 Å². The van der Waals surface area contributed by atoms with Crippen molar-refractivity contribution in [3.05, 3.63) is 63.1 Å². The number of hydrogen-bond acceptors (Lipinski definition) is 3. The minimum Gasteiger partial charge on any atom is -0.483 e. The van der Waals surface area contributed by atoms with E-state index in [0.717, 1.165) is 35.7 Å². The smallest absolute Gasteiger partial charge is 0.261 e. The third-order valence-electron chi connectivity index (χ3n) is 6.14. The average molecular weight is 536 g/mol. The van der Waals surface area contributed by atoms with Crippen molar-refractivity contribution in [2.24, 2.45) is 0 Å². The molecule has 0 unspecified atom stereocenters. The second-order valence-electron chi connectivity index (χ2n) is 8.91. The third kappa shape index (κ3) is 6.97. The summed E-state index contributed by atoms with van der Waals surface area (Å²) in [5.74, 6) is 0.560. The van der Waals surface area contributed by atoms with Crippen LogP contribution in [0.15, 0.2) is 46.9 Å². The minimum atomic E-state index is -0.648. The number of halogens is 2. The van der Waals surface area contributed by atoms with Crippen LogP contribution in [0.2, 0.25) is 5.02 Å². The molecule has 0 radical (unpaired) electrons. The molecule has 1 aliphatic carbocycles. The summed E-state index contributed by atoms with van der Waals surface area (Å²) in [7, 11) is 0. The lowest BCUT2D eigenvalue weighted by Crippen LogP contribution is -2.50. The molecule has 2 amide bonds. The van der Waals surface area contributed by atoms with E-state index in [9.17, 15) is 9.59 Å². The summed E-state index contributed by atoms with van der Waals surface area (Å²) in [6.07, 6.45) is 4.22. The molecule has 1 atom stereocenters. The molecule has 1 N–H and O–H groups in total. The Kier molecular flexibility index (Phi) is 9.21. The van der Waals surface area contributed by atoms with Crippen molar-refractivity contribution in [1.82, 2.24) is 10.2 Å². The van der Waals surface area contributed by atoms with Crippen molar-refractivity contribution in [1.29, 1.82) is 0 Å². The number of carbonyl (C=O) groups excluding carboxylic acids is 2. The van der Waals surface area contributed by atoms with E-state index in [1.165, 1.54) is 5.56 Å². The molecule has 1 aliphatic rings. The number of rotatable bonds is 9. The molecule has 5 nitrogen and oxygen atoms in total. The van der Waals surface area contributed by atoms with Crippen molar-refractivity contribution in [2.45, 2.75) is 71.0 Å². The number of nitrogens with one attached hydrogen (secondary N) is 1. The van der Waals surface area contributed by atoms with Crippen LogP contribution in [0.4, 0.5) is 0 Å². The number of nitrogens with zero attached hydrogens (tertiary/aromatic N) is 1. The molecule has 3 rings (SSSR count). The van der Waals surface area contributed by atoms with Gasteiger partial charge in [-0.3, -0.25) is 9.59 Å². The van der Waals surface area contributed by atoms with Gasteiger partial charge in [0.15, 0.2) is 6.61 Å². The fraction of sp³-hybridized carbons (Fsp3) is 0.462. The second kappa shape index (κ2) is 11.9. The third-order valence-corrected chi connectivity index (χ3v) is 7.13. The number of amides is 2. The van der Waals surface area contributed by atoms with Gasteiger partial charge >= 0.3 is 0 Å². The Morgan fingerprint density at radius 3 is 2.48 bits per heavy atom. The molecule has 1 fully saturated rings. The summed E-state index contributed by atoms with van der Waals surface area (Å²) in [4.78, 5) is 27.8.